The first-order valence-electron chi connectivity index (χ1n) is 10.8. The molecule has 2 amide bonds. The zero-order valence-corrected chi connectivity index (χ0v) is 20.7. The molecule has 1 saturated carbocycles. The Bertz CT molecular complexity index is 1110. The number of carbonyl (C=O) groups excluding carboxylic acids is 2. The predicted molar refractivity (Wildman–Crippen MR) is 132 cm³/mol. The van der Waals surface area contributed by atoms with Crippen LogP contribution in [0, 0.1) is 14.9 Å². The van der Waals surface area contributed by atoms with Gasteiger partial charge in [0.25, 0.3) is 5.91 Å². The number of nitriles is 1. The van der Waals surface area contributed by atoms with E-state index in [1.54, 1.807) is 12.1 Å². The van der Waals surface area contributed by atoms with E-state index >= 15 is 0 Å². The van der Waals surface area contributed by atoms with E-state index in [2.05, 4.69) is 39.3 Å². The molecule has 7 nitrogen and oxygen atoms in total. The lowest BCUT2D eigenvalue weighted by Crippen LogP contribution is -2.51. The Labute approximate surface area is 210 Å². The van der Waals surface area contributed by atoms with Crippen LogP contribution in [0.15, 0.2) is 36.4 Å². The highest BCUT2D eigenvalue weighted by Gasteiger charge is 2.45. The molecular weight excluding hydrogens is 557 g/mol. The fourth-order valence-corrected chi connectivity index (χ4v) is 4.46. The van der Waals surface area contributed by atoms with Gasteiger partial charge in [-0.15, -0.1) is 0 Å². The van der Waals surface area contributed by atoms with E-state index in [1.165, 1.54) is 6.07 Å². The van der Waals surface area contributed by atoms with Crippen LogP contribution < -0.4 is 20.1 Å². The quantitative estimate of drug-likeness (QED) is 0.524. The maximum Gasteiger partial charge on any atom is 0.255 e. The van der Waals surface area contributed by atoms with Crippen LogP contribution in [0.3, 0.4) is 0 Å². The second-order valence-corrected chi connectivity index (χ2v) is 9.82. The normalized spacial score (nSPS) is 19.8. The molecule has 2 bridgehead atoms. The van der Waals surface area contributed by atoms with Gasteiger partial charge in [-0.3, -0.25) is 9.59 Å². The molecule has 2 aromatic carbocycles. The number of benzene rings is 2. The highest BCUT2D eigenvalue weighted by Crippen LogP contribution is 2.34. The number of fused-ring (bicyclic) bond motifs is 10. The Morgan fingerprint density at radius 1 is 1.15 bits per heavy atom. The highest BCUT2D eigenvalue weighted by atomic mass is 127. The molecule has 5 rings (SSSR count). The minimum Gasteiger partial charge on any atom is -0.493 e. The fraction of sp³-hybridized carbons (Fsp3) is 0.375. The smallest absolute Gasteiger partial charge is 0.255 e. The summed E-state index contributed by atoms with van der Waals surface area (Å²) >= 11 is 8.35. The molecule has 0 aromatic heterocycles. The van der Waals surface area contributed by atoms with E-state index in [0.717, 1.165) is 27.7 Å². The van der Waals surface area contributed by atoms with Crippen molar-refractivity contribution < 1.29 is 19.1 Å². The molecule has 1 aliphatic carbocycles. The van der Waals surface area contributed by atoms with Crippen molar-refractivity contribution in [3.05, 3.63) is 56.1 Å². The summed E-state index contributed by atoms with van der Waals surface area (Å²) in [6, 6.07) is 11.8. The zero-order valence-electron chi connectivity index (χ0n) is 17.8. The first kappa shape index (κ1) is 23.6. The molecule has 3 aliphatic rings. The summed E-state index contributed by atoms with van der Waals surface area (Å²) in [7, 11) is 0. The van der Waals surface area contributed by atoms with Gasteiger partial charge in [-0.2, -0.15) is 5.26 Å². The lowest BCUT2D eigenvalue weighted by molar-refractivity contribution is -0.123. The van der Waals surface area contributed by atoms with Crippen LogP contribution in [0.4, 0.5) is 0 Å². The zero-order chi connectivity index (χ0) is 23.4. The number of nitrogens with zero attached hydrogens (tertiary/aromatic N) is 1. The molecule has 1 atom stereocenters. The SMILES string of the molecule is N#CC1(NC(=O)[C@@H]2Cc3ccc(c(I)c3)OCCCCOc3ccc(Cl)cc3C(=O)N2)CC1. The number of amides is 2. The number of ether oxygens (including phenoxy) is 2. The second kappa shape index (κ2) is 10.2. The third kappa shape index (κ3) is 5.89. The Morgan fingerprint density at radius 3 is 2.52 bits per heavy atom. The summed E-state index contributed by atoms with van der Waals surface area (Å²) in [6.45, 7) is 0.962. The minimum atomic E-state index is -0.884. The number of nitrogens with one attached hydrogen (secondary N) is 2. The van der Waals surface area contributed by atoms with Crippen molar-refractivity contribution >= 4 is 46.0 Å². The van der Waals surface area contributed by atoms with Crippen LogP contribution in [0.1, 0.15) is 41.6 Å². The topological polar surface area (TPSA) is 100 Å². The maximum absolute atomic E-state index is 13.2. The highest BCUT2D eigenvalue weighted by molar-refractivity contribution is 14.1. The number of hydrogen-bond acceptors (Lipinski definition) is 5. The summed E-state index contributed by atoms with van der Waals surface area (Å²) < 4.78 is 12.7. The molecule has 2 N–H and O–H groups in total. The third-order valence-electron chi connectivity index (χ3n) is 5.62. The van der Waals surface area contributed by atoms with Crippen LogP contribution in [0.2, 0.25) is 5.02 Å². The van der Waals surface area contributed by atoms with Crippen LogP contribution in [0.5, 0.6) is 11.5 Å². The molecule has 0 unspecified atom stereocenters. The minimum absolute atomic E-state index is 0.256. The Kier molecular flexibility index (Phi) is 7.29. The van der Waals surface area contributed by atoms with E-state index in [9.17, 15) is 14.9 Å². The molecule has 9 heteroatoms. The molecule has 2 aliphatic heterocycles. The fourth-order valence-electron chi connectivity index (χ4n) is 3.56. The summed E-state index contributed by atoms with van der Waals surface area (Å²) in [6.07, 6.45) is 3.01. The van der Waals surface area contributed by atoms with E-state index < -0.39 is 23.4 Å². The summed E-state index contributed by atoms with van der Waals surface area (Å²) in [5, 5.41) is 15.4. The van der Waals surface area contributed by atoms with Gasteiger partial charge < -0.3 is 20.1 Å². The molecule has 0 radical (unpaired) electrons. The van der Waals surface area contributed by atoms with Gasteiger partial charge in [-0.25, -0.2) is 0 Å². The van der Waals surface area contributed by atoms with Crippen LogP contribution in [-0.2, 0) is 11.2 Å². The summed E-state index contributed by atoms with van der Waals surface area (Å²) in [4.78, 5) is 26.3. The average Bonchev–Trinajstić information content (AvgIpc) is 3.56. The van der Waals surface area contributed by atoms with Crippen LogP contribution in [0.25, 0.3) is 0 Å². The van der Waals surface area contributed by atoms with E-state index in [-0.39, 0.29) is 12.0 Å². The molecule has 2 aromatic rings. The van der Waals surface area contributed by atoms with Crippen molar-refractivity contribution in [1.29, 1.82) is 5.26 Å². The Balaban J connectivity index is 1.66. The molecule has 172 valence electrons. The lowest BCUT2D eigenvalue weighted by Gasteiger charge is -2.22. The first-order valence-corrected chi connectivity index (χ1v) is 12.2. The second-order valence-electron chi connectivity index (χ2n) is 8.22. The van der Waals surface area contributed by atoms with Gasteiger partial charge in [-0.05, 0) is 84.2 Å². The first-order chi connectivity index (χ1) is 15.9. The van der Waals surface area contributed by atoms with Gasteiger partial charge in [-0.1, -0.05) is 17.7 Å². The van der Waals surface area contributed by atoms with Gasteiger partial charge in [0.2, 0.25) is 5.91 Å². The van der Waals surface area contributed by atoms with Crippen LogP contribution >= 0.6 is 34.2 Å². The molecule has 0 saturated heterocycles. The number of rotatable bonds is 2. The van der Waals surface area contributed by atoms with Crippen LogP contribution in [-0.4, -0.2) is 36.6 Å². The van der Waals surface area contributed by atoms with E-state index in [0.29, 0.717) is 36.8 Å². The van der Waals surface area contributed by atoms with Crippen molar-refractivity contribution in [2.45, 2.75) is 43.7 Å². The van der Waals surface area contributed by atoms with E-state index in [1.807, 2.05) is 18.2 Å². The largest absolute Gasteiger partial charge is 0.493 e. The Morgan fingerprint density at radius 2 is 1.85 bits per heavy atom. The van der Waals surface area contributed by atoms with Crippen molar-refractivity contribution in [2.24, 2.45) is 0 Å². The summed E-state index contributed by atoms with van der Waals surface area (Å²) in [5.74, 6) is 0.316. The number of carbonyl (C=O) groups is 2. The number of halogens is 2. The molecule has 2 heterocycles. The molecule has 0 spiro atoms. The maximum atomic E-state index is 13.2. The lowest BCUT2D eigenvalue weighted by atomic mass is 10.0. The number of hydrogen-bond donors (Lipinski definition) is 2. The predicted octanol–water partition coefficient (Wildman–Crippen LogP) is 4.01. The van der Waals surface area contributed by atoms with Gasteiger partial charge in [0.05, 0.1) is 28.4 Å². The third-order valence-corrected chi connectivity index (χ3v) is 6.70. The Hall–Kier alpha value is -2.51. The van der Waals surface area contributed by atoms with Crippen molar-refractivity contribution in [1.82, 2.24) is 10.6 Å². The van der Waals surface area contributed by atoms with Crippen molar-refractivity contribution in [2.75, 3.05) is 13.2 Å². The molecule has 33 heavy (non-hydrogen) atoms. The van der Waals surface area contributed by atoms with Gasteiger partial charge in [0.1, 0.15) is 23.1 Å². The van der Waals surface area contributed by atoms with Crippen molar-refractivity contribution in [3.8, 4) is 17.6 Å². The van der Waals surface area contributed by atoms with E-state index in [4.69, 9.17) is 21.1 Å². The van der Waals surface area contributed by atoms with Gasteiger partial charge >= 0.3 is 0 Å². The molecule has 1 fully saturated rings. The monoisotopic (exact) mass is 579 g/mol. The molecular formula is C24H23ClIN3O4. The van der Waals surface area contributed by atoms with Crippen molar-refractivity contribution in [3.63, 3.8) is 0 Å². The summed E-state index contributed by atoms with van der Waals surface area (Å²) in [5.41, 5.74) is 0.284. The average molecular weight is 580 g/mol. The van der Waals surface area contributed by atoms with Gasteiger partial charge in [0.15, 0.2) is 0 Å². The van der Waals surface area contributed by atoms with Gasteiger partial charge in [0, 0.05) is 11.4 Å². The standard InChI is InChI=1S/C24H23ClIN3O4/c25-16-4-6-20-17(13-16)22(30)28-19(23(31)29-24(14-27)7-8-24)12-15-3-5-21(18(26)11-15)33-10-2-1-9-32-20/h3-6,11,13,19H,1-2,7-10,12H2,(H,28,30)(H,29,31)/t19-/m0/s1.